The summed E-state index contributed by atoms with van der Waals surface area (Å²) in [6.07, 6.45) is 0. The van der Waals surface area contributed by atoms with Crippen LogP contribution in [0.5, 0.6) is 0 Å². The Hall–Kier alpha value is -4.29. The smallest absolute Gasteiger partial charge is 0.262 e. The number of nitrogens with zero attached hydrogens (tertiary/aromatic N) is 1. The Morgan fingerprint density at radius 1 is 0.744 bits per heavy atom. The first-order valence-electron chi connectivity index (χ1n) is 13.0. The molecule has 6 aromatic rings. The molecule has 1 unspecified atom stereocenters. The van der Waals surface area contributed by atoms with Gasteiger partial charge in [-0.3, -0.25) is 4.72 Å². The van der Waals surface area contributed by atoms with Crippen LogP contribution in [0.1, 0.15) is 39.7 Å². The van der Waals surface area contributed by atoms with Gasteiger partial charge in [-0.15, -0.1) is 0 Å². The Morgan fingerprint density at radius 3 is 2.13 bits per heavy atom. The summed E-state index contributed by atoms with van der Waals surface area (Å²) in [5.41, 5.74) is 7.54. The van der Waals surface area contributed by atoms with Crippen molar-refractivity contribution in [2.45, 2.75) is 38.6 Å². The van der Waals surface area contributed by atoms with E-state index in [0.29, 0.717) is 22.4 Å². The van der Waals surface area contributed by atoms with E-state index in [-0.39, 0.29) is 4.90 Å². The lowest BCUT2D eigenvalue weighted by Crippen LogP contribution is -2.18. The predicted octanol–water partition coefficient (Wildman–Crippen LogP) is 8.06. The van der Waals surface area contributed by atoms with E-state index in [1.165, 1.54) is 5.56 Å². The van der Waals surface area contributed by atoms with Gasteiger partial charge in [-0.1, -0.05) is 72.3 Å². The van der Waals surface area contributed by atoms with Crippen LogP contribution in [0.2, 0.25) is 0 Å². The molecule has 0 saturated heterocycles. The molecule has 39 heavy (non-hydrogen) atoms. The fraction of sp³-hybridized carbons (Fsp3) is 0.152. The summed E-state index contributed by atoms with van der Waals surface area (Å²) in [4.78, 5) is 0.204. The van der Waals surface area contributed by atoms with Gasteiger partial charge in [-0.25, -0.2) is 8.42 Å². The number of anilines is 1. The summed E-state index contributed by atoms with van der Waals surface area (Å²) in [6, 6.07) is 30.6. The van der Waals surface area contributed by atoms with Crippen molar-refractivity contribution >= 4 is 37.6 Å². The summed E-state index contributed by atoms with van der Waals surface area (Å²) >= 11 is 0. The van der Waals surface area contributed by atoms with Crippen LogP contribution in [-0.4, -0.2) is 13.0 Å². The van der Waals surface area contributed by atoms with Crippen LogP contribution in [0.4, 0.5) is 5.69 Å². The molecule has 0 fully saturated rings. The Morgan fingerprint density at radius 2 is 1.38 bits per heavy atom. The number of fused-ring (bicyclic) bond motifs is 2. The van der Waals surface area contributed by atoms with Gasteiger partial charge in [0, 0.05) is 22.0 Å². The van der Waals surface area contributed by atoms with Crippen LogP contribution in [0.3, 0.4) is 0 Å². The number of rotatable bonds is 6. The van der Waals surface area contributed by atoms with Crippen molar-refractivity contribution in [2.75, 3.05) is 4.72 Å². The molecule has 0 saturated carbocycles. The predicted molar refractivity (Wildman–Crippen MR) is 158 cm³/mol. The van der Waals surface area contributed by atoms with E-state index in [1.807, 2.05) is 55.5 Å². The maximum Gasteiger partial charge on any atom is 0.262 e. The largest absolute Gasteiger partial charge is 0.456 e. The minimum Gasteiger partial charge on any atom is -0.456 e. The van der Waals surface area contributed by atoms with Gasteiger partial charge in [0.15, 0.2) is 5.76 Å². The Bertz CT molecular complexity index is 1950. The maximum absolute atomic E-state index is 13.7. The molecule has 1 N–H and O–H groups in total. The van der Waals surface area contributed by atoms with E-state index < -0.39 is 16.1 Å². The number of sulfonamides is 1. The van der Waals surface area contributed by atoms with Crippen molar-refractivity contribution in [3.8, 4) is 0 Å². The van der Waals surface area contributed by atoms with Crippen molar-refractivity contribution in [3.63, 3.8) is 0 Å². The summed E-state index contributed by atoms with van der Waals surface area (Å²) in [6.45, 7) is 8.25. The molecule has 2 aromatic heterocycles. The fourth-order valence-electron chi connectivity index (χ4n) is 5.45. The van der Waals surface area contributed by atoms with E-state index in [2.05, 4.69) is 54.3 Å². The van der Waals surface area contributed by atoms with Gasteiger partial charge in [-0.05, 0) is 74.7 Å². The molecule has 196 valence electrons. The number of nitrogens with one attached hydrogen (secondary N) is 1. The first kappa shape index (κ1) is 25.0. The standard InChI is InChI=1S/C33H30N2O3S/c1-21-17-19-25(20-18-21)39(36,37)34-31-28-14-8-10-16-30(28)38-33(31)32(26-12-6-5-11-22(26)2)35-24(4)23(3)27-13-7-9-15-29(27)35/h5-20,32,34H,1-4H3. The topological polar surface area (TPSA) is 64.2 Å². The number of para-hydroxylation sites is 2. The third kappa shape index (κ3) is 4.21. The van der Waals surface area contributed by atoms with Crippen LogP contribution in [0, 0.1) is 27.7 Å². The lowest BCUT2D eigenvalue weighted by atomic mass is 9.97. The zero-order chi connectivity index (χ0) is 27.3. The molecule has 6 rings (SSSR count). The minimum atomic E-state index is -3.89. The zero-order valence-corrected chi connectivity index (χ0v) is 23.2. The Kier molecular flexibility index (Phi) is 6.07. The van der Waals surface area contributed by atoms with Gasteiger partial charge in [0.1, 0.15) is 17.3 Å². The SMILES string of the molecule is Cc1ccc(S(=O)(=O)Nc2c(C(c3ccccc3C)n3c(C)c(C)c4ccccc43)oc3ccccc23)cc1. The molecular weight excluding hydrogens is 504 g/mol. The summed E-state index contributed by atoms with van der Waals surface area (Å²) in [5, 5.41) is 1.87. The van der Waals surface area contributed by atoms with E-state index in [4.69, 9.17) is 4.42 Å². The van der Waals surface area contributed by atoms with Crippen molar-refractivity contribution in [1.29, 1.82) is 0 Å². The quantitative estimate of drug-likeness (QED) is 0.235. The molecule has 0 spiro atoms. The normalized spacial score (nSPS) is 12.7. The van der Waals surface area contributed by atoms with Crippen molar-refractivity contribution in [3.05, 3.63) is 131 Å². The number of hydrogen-bond acceptors (Lipinski definition) is 3. The molecule has 1 atom stereocenters. The average molecular weight is 535 g/mol. The number of hydrogen-bond donors (Lipinski definition) is 1. The highest BCUT2D eigenvalue weighted by Crippen LogP contribution is 2.43. The lowest BCUT2D eigenvalue weighted by molar-refractivity contribution is 0.491. The van der Waals surface area contributed by atoms with Crippen molar-refractivity contribution in [1.82, 2.24) is 4.57 Å². The second kappa shape index (κ2) is 9.47. The van der Waals surface area contributed by atoms with Gasteiger partial charge in [0.25, 0.3) is 10.0 Å². The molecule has 5 nitrogen and oxygen atoms in total. The molecular formula is C33H30N2O3S. The van der Waals surface area contributed by atoms with Crippen molar-refractivity contribution < 1.29 is 12.8 Å². The number of furan rings is 1. The molecule has 2 heterocycles. The third-order valence-electron chi connectivity index (χ3n) is 7.65. The van der Waals surface area contributed by atoms with Gasteiger partial charge in [0.2, 0.25) is 0 Å². The zero-order valence-electron chi connectivity index (χ0n) is 22.4. The molecule has 0 aliphatic heterocycles. The van der Waals surface area contributed by atoms with Crippen LogP contribution >= 0.6 is 0 Å². The number of aryl methyl sites for hydroxylation is 3. The first-order valence-corrected chi connectivity index (χ1v) is 14.5. The molecule has 0 aliphatic carbocycles. The number of benzene rings is 4. The van der Waals surface area contributed by atoms with E-state index in [1.54, 1.807) is 24.3 Å². The molecule has 0 bridgehead atoms. The molecule has 0 aliphatic rings. The minimum absolute atomic E-state index is 0.204. The highest BCUT2D eigenvalue weighted by atomic mass is 32.2. The number of aromatic nitrogens is 1. The average Bonchev–Trinajstić information content (AvgIpc) is 3.40. The summed E-state index contributed by atoms with van der Waals surface area (Å²) < 4.78 is 39.2. The Labute approximate surface area is 228 Å². The van der Waals surface area contributed by atoms with Gasteiger partial charge in [-0.2, -0.15) is 0 Å². The fourth-order valence-corrected chi connectivity index (χ4v) is 6.55. The first-order chi connectivity index (χ1) is 18.8. The highest BCUT2D eigenvalue weighted by Gasteiger charge is 2.31. The molecule has 4 aromatic carbocycles. The van der Waals surface area contributed by atoms with Gasteiger partial charge >= 0.3 is 0 Å². The second-order valence-corrected chi connectivity index (χ2v) is 11.8. The molecule has 6 heteroatoms. The highest BCUT2D eigenvalue weighted by molar-refractivity contribution is 7.92. The van der Waals surface area contributed by atoms with Crippen LogP contribution in [-0.2, 0) is 10.0 Å². The monoisotopic (exact) mass is 534 g/mol. The summed E-state index contributed by atoms with van der Waals surface area (Å²) in [7, 11) is -3.89. The lowest BCUT2D eigenvalue weighted by Gasteiger charge is -2.24. The van der Waals surface area contributed by atoms with Crippen LogP contribution in [0.25, 0.3) is 21.9 Å². The molecule has 0 amide bonds. The summed E-state index contributed by atoms with van der Waals surface area (Å²) in [5.74, 6) is 0.546. The van der Waals surface area contributed by atoms with Gasteiger partial charge < -0.3 is 8.98 Å². The van der Waals surface area contributed by atoms with Crippen molar-refractivity contribution in [2.24, 2.45) is 0 Å². The maximum atomic E-state index is 13.7. The van der Waals surface area contributed by atoms with Gasteiger partial charge in [0.05, 0.1) is 4.90 Å². The van der Waals surface area contributed by atoms with Crippen LogP contribution in [0.15, 0.2) is 106 Å². The van der Waals surface area contributed by atoms with E-state index in [0.717, 1.165) is 33.3 Å². The third-order valence-corrected chi connectivity index (χ3v) is 9.02. The van der Waals surface area contributed by atoms with E-state index >= 15 is 0 Å². The Balaban J connectivity index is 1.66. The van der Waals surface area contributed by atoms with Crippen LogP contribution < -0.4 is 4.72 Å². The second-order valence-electron chi connectivity index (χ2n) is 10.1. The van der Waals surface area contributed by atoms with E-state index in [9.17, 15) is 8.42 Å². The molecule has 0 radical (unpaired) electrons.